The van der Waals surface area contributed by atoms with E-state index in [1.165, 1.54) is 0 Å². The Bertz CT molecular complexity index is 245. The van der Waals surface area contributed by atoms with Crippen LogP contribution >= 0.6 is 0 Å². The summed E-state index contributed by atoms with van der Waals surface area (Å²) in [5.41, 5.74) is -0.433. The summed E-state index contributed by atoms with van der Waals surface area (Å²) in [6, 6.07) is 0. The van der Waals surface area contributed by atoms with Gasteiger partial charge in [-0.15, -0.1) is 0 Å². The van der Waals surface area contributed by atoms with E-state index in [0.717, 1.165) is 45.3 Å². The highest BCUT2D eigenvalue weighted by atomic mass is 16.5. The van der Waals surface area contributed by atoms with Crippen LogP contribution < -0.4 is 0 Å². The lowest BCUT2D eigenvalue weighted by Crippen LogP contribution is -2.31. The average Bonchev–Trinajstić information content (AvgIpc) is 2.77. The fourth-order valence-corrected chi connectivity index (χ4v) is 3.16. The van der Waals surface area contributed by atoms with Gasteiger partial charge in [0.2, 0.25) is 0 Å². The minimum atomic E-state index is -0.584. The maximum atomic E-state index is 11.4. The van der Waals surface area contributed by atoms with Crippen LogP contribution in [0.3, 0.4) is 0 Å². The summed E-state index contributed by atoms with van der Waals surface area (Å²) in [6.07, 6.45) is 4.66. The van der Waals surface area contributed by atoms with Crippen LogP contribution in [0.4, 0.5) is 0 Å². The third kappa shape index (κ3) is 2.17. The highest BCUT2D eigenvalue weighted by molar-refractivity contribution is 5.75. The molecule has 2 rings (SSSR count). The number of aliphatic carboxylic acids is 1. The summed E-state index contributed by atoms with van der Waals surface area (Å²) in [5.74, 6) is 0.466. The molecule has 2 aliphatic rings. The van der Waals surface area contributed by atoms with Crippen molar-refractivity contribution in [2.45, 2.75) is 39.0 Å². The van der Waals surface area contributed by atoms with Gasteiger partial charge in [0.1, 0.15) is 0 Å². The topological polar surface area (TPSA) is 46.5 Å². The maximum Gasteiger partial charge on any atom is 0.309 e. The molecular formula is C12H20O3. The molecule has 1 aliphatic heterocycles. The Labute approximate surface area is 90.8 Å². The molecule has 1 heterocycles. The molecule has 2 fully saturated rings. The van der Waals surface area contributed by atoms with Crippen molar-refractivity contribution in [3.63, 3.8) is 0 Å². The Morgan fingerprint density at radius 2 is 2.33 bits per heavy atom. The summed E-state index contributed by atoms with van der Waals surface area (Å²) in [7, 11) is 0. The number of hydrogen-bond acceptors (Lipinski definition) is 2. The van der Waals surface area contributed by atoms with Crippen molar-refractivity contribution in [3.8, 4) is 0 Å². The normalized spacial score (nSPS) is 40.9. The molecule has 0 spiro atoms. The largest absolute Gasteiger partial charge is 0.481 e. The molecule has 0 aromatic heterocycles. The minimum Gasteiger partial charge on any atom is -0.481 e. The maximum absolute atomic E-state index is 11.4. The molecule has 3 heteroatoms. The molecule has 86 valence electrons. The summed E-state index contributed by atoms with van der Waals surface area (Å²) in [6.45, 7) is 3.75. The van der Waals surface area contributed by atoms with Crippen LogP contribution in [0.15, 0.2) is 0 Å². The van der Waals surface area contributed by atoms with E-state index in [-0.39, 0.29) is 0 Å². The molecule has 0 aromatic carbocycles. The van der Waals surface area contributed by atoms with Gasteiger partial charge in [-0.1, -0.05) is 6.92 Å². The van der Waals surface area contributed by atoms with Crippen LogP contribution in [0.1, 0.15) is 39.0 Å². The fourth-order valence-electron chi connectivity index (χ4n) is 3.16. The number of carboxylic acid groups (broad SMARTS) is 1. The van der Waals surface area contributed by atoms with Crippen molar-refractivity contribution in [2.75, 3.05) is 13.2 Å². The van der Waals surface area contributed by atoms with Gasteiger partial charge in [-0.05, 0) is 43.9 Å². The standard InChI is InChI=1S/C12H20O3/c1-9-2-4-12(6-9,11(13)14)7-10-3-5-15-8-10/h9-10H,2-8H2,1H3,(H,13,14). The van der Waals surface area contributed by atoms with Crippen molar-refractivity contribution < 1.29 is 14.6 Å². The number of carbonyl (C=O) groups is 1. The first-order valence-electron chi connectivity index (χ1n) is 5.93. The van der Waals surface area contributed by atoms with E-state index < -0.39 is 11.4 Å². The van der Waals surface area contributed by atoms with Gasteiger partial charge in [-0.3, -0.25) is 4.79 Å². The summed E-state index contributed by atoms with van der Waals surface area (Å²) in [5, 5.41) is 9.40. The highest BCUT2D eigenvalue weighted by Gasteiger charge is 2.45. The Balaban J connectivity index is 2.02. The number of ether oxygens (including phenoxy) is 1. The van der Waals surface area contributed by atoms with E-state index >= 15 is 0 Å². The van der Waals surface area contributed by atoms with E-state index in [0.29, 0.717) is 11.8 Å². The minimum absolute atomic E-state index is 0.433. The Kier molecular flexibility index (Phi) is 3.01. The first-order valence-corrected chi connectivity index (χ1v) is 5.93. The van der Waals surface area contributed by atoms with Gasteiger partial charge in [0.05, 0.1) is 5.41 Å². The quantitative estimate of drug-likeness (QED) is 0.780. The first-order chi connectivity index (χ1) is 7.12. The predicted octanol–water partition coefficient (Wildman–Crippen LogP) is 2.30. The third-order valence-electron chi connectivity index (χ3n) is 4.01. The fraction of sp³-hybridized carbons (Fsp3) is 0.917. The zero-order valence-electron chi connectivity index (χ0n) is 9.37. The lowest BCUT2D eigenvalue weighted by atomic mass is 9.77. The smallest absolute Gasteiger partial charge is 0.309 e. The van der Waals surface area contributed by atoms with Crippen LogP contribution in [0.5, 0.6) is 0 Å². The van der Waals surface area contributed by atoms with Crippen LogP contribution in [-0.4, -0.2) is 24.3 Å². The van der Waals surface area contributed by atoms with Crippen LogP contribution in [-0.2, 0) is 9.53 Å². The van der Waals surface area contributed by atoms with Gasteiger partial charge in [0.15, 0.2) is 0 Å². The lowest BCUT2D eigenvalue weighted by Gasteiger charge is -2.26. The molecular weight excluding hydrogens is 192 g/mol. The molecule has 1 N–H and O–H groups in total. The summed E-state index contributed by atoms with van der Waals surface area (Å²) in [4.78, 5) is 11.4. The van der Waals surface area contributed by atoms with Crippen molar-refractivity contribution in [3.05, 3.63) is 0 Å². The first kappa shape index (κ1) is 10.9. The third-order valence-corrected chi connectivity index (χ3v) is 4.01. The number of hydrogen-bond donors (Lipinski definition) is 1. The van der Waals surface area contributed by atoms with Crippen molar-refractivity contribution in [1.82, 2.24) is 0 Å². The highest BCUT2D eigenvalue weighted by Crippen LogP contribution is 2.47. The summed E-state index contributed by atoms with van der Waals surface area (Å²) < 4.78 is 5.33. The van der Waals surface area contributed by atoms with Crippen LogP contribution in [0.25, 0.3) is 0 Å². The molecule has 0 amide bonds. The number of rotatable bonds is 3. The van der Waals surface area contributed by atoms with Crippen LogP contribution in [0, 0.1) is 17.3 Å². The van der Waals surface area contributed by atoms with Gasteiger partial charge in [0.25, 0.3) is 0 Å². The monoisotopic (exact) mass is 212 g/mol. The molecule has 0 aromatic rings. The zero-order chi connectivity index (χ0) is 10.9. The van der Waals surface area contributed by atoms with Crippen molar-refractivity contribution in [2.24, 2.45) is 17.3 Å². The van der Waals surface area contributed by atoms with Crippen LogP contribution in [0.2, 0.25) is 0 Å². The van der Waals surface area contributed by atoms with Gasteiger partial charge < -0.3 is 9.84 Å². The second-order valence-corrected chi connectivity index (χ2v) is 5.37. The SMILES string of the molecule is CC1CCC(CC2CCOC2)(C(=O)O)C1. The molecule has 1 aliphatic carbocycles. The van der Waals surface area contributed by atoms with E-state index in [2.05, 4.69) is 6.92 Å². The van der Waals surface area contributed by atoms with Gasteiger partial charge in [-0.2, -0.15) is 0 Å². The molecule has 0 radical (unpaired) electrons. The van der Waals surface area contributed by atoms with Crippen molar-refractivity contribution >= 4 is 5.97 Å². The van der Waals surface area contributed by atoms with E-state index in [1.54, 1.807) is 0 Å². The molecule has 3 unspecified atom stereocenters. The zero-order valence-corrected chi connectivity index (χ0v) is 9.37. The second-order valence-electron chi connectivity index (χ2n) is 5.37. The molecule has 15 heavy (non-hydrogen) atoms. The van der Waals surface area contributed by atoms with E-state index in [9.17, 15) is 9.90 Å². The second kappa shape index (κ2) is 4.12. The number of carboxylic acids is 1. The van der Waals surface area contributed by atoms with Gasteiger partial charge in [-0.25, -0.2) is 0 Å². The molecule has 1 saturated carbocycles. The molecule has 0 bridgehead atoms. The van der Waals surface area contributed by atoms with E-state index in [1.807, 2.05) is 0 Å². The average molecular weight is 212 g/mol. The summed E-state index contributed by atoms with van der Waals surface area (Å²) >= 11 is 0. The lowest BCUT2D eigenvalue weighted by molar-refractivity contribution is -0.150. The van der Waals surface area contributed by atoms with Gasteiger partial charge >= 0.3 is 5.97 Å². The van der Waals surface area contributed by atoms with Crippen molar-refractivity contribution in [1.29, 1.82) is 0 Å². The Morgan fingerprint density at radius 3 is 2.80 bits per heavy atom. The Hall–Kier alpha value is -0.570. The molecule has 3 nitrogen and oxygen atoms in total. The molecule has 1 saturated heterocycles. The van der Waals surface area contributed by atoms with E-state index in [4.69, 9.17) is 4.74 Å². The Morgan fingerprint density at radius 1 is 1.53 bits per heavy atom. The van der Waals surface area contributed by atoms with Gasteiger partial charge in [0, 0.05) is 13.2 Å². The predicted molar refractivity (Wildman–Crippen MR) is 56.6 cm³/mol. The molecule has 3 atom stereocenters.